The fourth-order valence-corrected chi connectivity index (χ4v) is 6.39. The van der Waals surface area contributed by atoms with Crippen molar-refractivity contribution in [3.63, 3.8) is 0 Å². The molecule has 0 unspecified atom stereocenters. The fraction of sp³-hybridized carbons (Fsp3) is 0.387. The van der Waals surface area contributed by atoms with Crippen LogP contribution in [0.4, 0.5) is 0 Å². The molecule has 0 spiro atoms. The number of hydrogen-bond donors (Lipinski definition) is 2. The fourth-order valence-electron chi connectivity index (χ4n) is 4.99. The van der Waals surface area contributed by atoms with Gasteiger partial charge in [0.1, 0.15) is 16.7 Å². The maximum atomic E-state index is 13.6. The van der Waals surface area contributed by atoms with Crippen LogP contribution in [0.25, 0.3) is 22.4 Å². The van der Waals surface area contributed by atoms with Crippen LogP contribution in [0.1, 0.15) is 72.1 Å². The normalized spacial score (nSPS) is 15.9. The van der Waals surface area contributed by atoms with E-state index in [1.807, 2.05) is 74.5 Å². The molecule has 2 heterocycles. The Labute approximate surface area is 239 Å². The zero-order chi connectivity index (χ0) is 29.2. The third-order valence-electron chi connectivity index (χ3n) is 6.85. The molecular formula is C31H38N4O4S. The Balaban J connectivity index is 1.88. The van der Waals surface area contributed by atoms with Crippen LogP contribution in [0.3, 0.4) is 0 Å². The van der Waals surface area contributed by atoms with Gasteiger partial charge in [-0.1, -0.05) is 30.3 Å². The third-order valence-corrected chi connectivity index (χ3v) is 8.70. The van der Waals surface area contributed by atoms with Crippen LogP contribution < -0.4 is 5.32 Å². The van der Waals surface area contributed by atoms with E-state index in [9.17, 15) is 18.9 Å². The van der Waals surface area contributed by atoms with Crippen LogP contribution in [-0.4, -0.2) is 67.3 Å². The van der Waals surface area contributed by atoms with Crippen molar-refractivity contribution in [2.75, 3.05) is 27.2 Å². The third kappa shape index (κ3) is 6.01. The Bertz CT molecular complexity index is 1450. The number of aromatic nitrogens is 1. The summed E-state index contributed by atoms with van der Waals surface area (Å²) in [6.07, 6.45) is 0.387. The van der Waals surface area contributed by atoms with E-state index in [4.69, 9.17) is 4.98 Å². The van der Waals surface area contributed by atoms with E-state index in [1.54, 1.807) is 31.1 Å². The lowest BCUT2D eigenvalue weighted by Crippen LogP contribution is -2.36. The van der Waals surface area contributed by atoms with Crippen LogP contribution in [0, 0.1) is 0 Å². The van der Waals surface area contributed by atoms with Gasteiger partial charge in [-0.25, -0.2) is 13.5 Å². The molecule has 8 nitrogen and oxygen atoms in total. The summed E-state index contributed by atoms with van der Waals surface area (Å²) in [7, 11) is 2.11. The summed E-state index contributed by atoms with van der Waals surface area (Å²) < 4.78 is 15.0. The first-order valence-electron chi connectivity index (χ1n) is 13.5. The standard InChI is InChI=1S/C31H38N4O4S/c1-7-32-29(37)25-18-24-19-35(40(39)31(2,3)4)26(14-15-36)27(24)28(33-25)22-12-8-10-20(16-22)21-11-9-13-23(17-21)30(38)34(5)6/h8-13,16-18,26,36H,7,14-15,19H2,1-6H3,(H,32,37)/t26-,40-/m0/s1. The van der Waals surface area contributed by atoms with Crippen molar-refractivity contribution in [1.29, 1.82) is 0 Å². The zero-order valence-corrected chi connectivity index (χ0v) is 24.8. The largest absolute Gasteiger partial charge is 0.396 e. The van der Waals surface area contributed by atoms with Gasteiger partial charge in [0, 0.05) is 50.5 Å². The number of hydrogen-bond acceptors (Lipinski definition) is 5. The van der Waals surface area contributed by atoms with Crippen LogP contribution in [-0.2, 0) is 17.5 Å². The van der Waals surface area contributed by atoms with Crippen molar-refractivity contribution in [3.8, 4) is 22.4 Å². The van der Waals surface area contributed by atoms with Gasteiger partial charge in [0.15, 0.2) is 0 Å². The number of amides is 2. The molecule has 9 heteroatoms. The lowest BCUT2D eigenvalue weighted by atomic mass is 9.93. The number of rotatable bonds is 8. The van der Waals surface area contributed by atoms with E-state index < -0.39 is 15.7 Å². The minimum Gasteiger partial charge on any atom is -0.396 e. The smallest absolute Gasteiger partial charge is 0.269 e. The molecule has 0 fully saturated rings. The van der Waals surface area contributed by atoms with E-state index in [-0.39, 0.29) is 24.5 Å². The average molecular weight is 563 g/mol. The number of aliphatic hydroxyl groups is 1. The first kappa shape index (κ1) is 29.6. The second kappa shape index (κ2) is 12.0. The van der Waals surface area contributed by atoms with Gasteiger partial charge in [-0.15, -0.1) is 0 Å². The predicted octanol–water partition coefficient (Wildman–Crippen LogP) is 4.57. The molecule has 212 valence electrons. The number of fused-ring (bicyclic) bond motifs is 1. The number of pyridine rings is 1. The number of nitrogens with one attached hydrogen (secondary N) is 1. The molecule has 1 aliphatic heterocycles. The molecule has 0 radical (unpaired) electrons. The van der Waals surface area contributed by atoms with Crippen molar-refractivity contribution < 1.29 is 18.9 Å². The van der Waals surface area contributed by atoms with E-state index in [0.29, 0.717) is 36.5 Å². The van der Waals surface area contributed by atoms with Crippen molar-refractivity contribution in [1.82, 2.24) is 19.5 Å². The average Bonchev–Trinajstić information content (AvgIpc) is 3.29. The summed E-state index contributed by atoms with van der Waals surface area (Å²) >= 11 is 0. The zero-order valence-electron chi connectivity index (χ0n) is 24.0. The highest BCUT2D eigenvalue weighted by Gasteiger charge is 2.40. The first-order chi connectivity index (χ1) is 19.0. The summed E-state index contributed by atoms with van der Waals surface area (Å²) in [5.41, 5.74) is 5.87. The SMILES string of the molecule is CCNC(=O)c1cc2c(c(-c3cccc(-c4cccc(C(=O)N(C)C)c4)c3)n1)[C@H](CCO)N([S@@](=O)C(C)(C)C)C2. The molecule has 2 atom stereocenters. The Morgan fingerprint density at radius 3 is 2.35 bits per heavy atom. The molecule has 4 rings (SSSR count). The molecule has 2 amide bonds. The van der Waals surface area contributed by atoms with Gasteiger partial charge in [0.05, 0.1) is 16.5 Å². The molecule has 1 aliphatic rings. The first-order valence-corrected chi connectivity index (χ1v) is 14.6. The van der Waals surface area contributed by atoms with Crippen molar-refractivity contribution in [3.05, 3.63) is 77.0 Å². The minimum absolute atomic E-state index is 0.0772. The van der Waals surface area contributed by atoms with Gasteiger partial charge in [-0.3, -0.25) is 9.59 Å². The highest BCUT2D eigenvalue weighted by Crippen LogP contribution is 2.44. The Morgan fingerprint density at radius 1 is 1.07 bits per heavy atom. The molecule has 0 aliphatic carbocycles. The quantitative estimate of drug-likeness (QED) is 0.419. The maximum Gasteiger partial charge on any atom is 0.269 e. The number of aliphatic hydroxyl groups excluding tert-OH is 1. The lowest BCUT2D eigenvalue weighted by molar-refractivity contribution is 0.0827. The highest BCUT2D eigenvalue weighted by atomic mass is 32.2. The van der Waals surface area contributed by atoms with Gasteiger partial charge in [-0.2, -0.15) is 0 Å². The van der Waals surface area contributed by atoms with Crippen molar-refractivity contribution in [2.24, 2.45) is 0 Å². The highest BCUT2D eigenvalue weighted by molar-refractivity contribution is 7.84. The van der Waals surface area contributed by atoms with Crippen LogP contribution in [0.15, 0.2) is 54.6 Å². The number of carbonyl (C=O) groups is 2. The van der Waals surface area contributed by atoms with E-state index in [2.05, 4.69) is 5.32 Å². The van der Waals surface area contributed by atoms with Gasteiger partial charge in [0.25, 0.3) is 11.8 Å². The molecule has 3 aromatic rings. The summed E-state index contributed by atoms with van der Waals surface area (Å²) in [6, 6.07) is 16.8. The van der Waals surface area contributed by atoms with E-state index in [1.165, 1.54) is 0 Å². The Kier molecular flexibility index (Phi) is 8.87. The number of benzene rings is 2. The molecule has 2 N–H and O–H groups in total. The van der Waals surface area contributed by atoms with Crippen LogP contribution >= 0.6 is 0 Å². The van der Waals surface area contributed by atoms with Crippen molar-refractivity contribution >= 4 is 22.8 Å². The molecule has 2 aromatic carbocycles. The van der Waals surface area contributed by atoms with Gasteiger partial charge >= 0.3 is 0 Å². The lowest BCUT2D eigenvalue weighted by Gasteiger charge is -2.30. The van der Waals surface area contributed by atoms with Gasteiger partial charge in [0.2, 0.25) is 0 Å². The summed E-state index contributed by atoms with van der Waals surface area (Å²) in [6.45, 7) is 8.43. The molecule has 0 saturated heterocycles. The summed E-state index contributed by atoms with van der Waals surface area (Å²) in [5.74, 6) is -0.349. The monoisotopic (exact) mass is 562 g/mol. The second-order valence-corrected chi connectivity index (χ2v) is 13.3. The second-order valence-electron chi connectivity index (χ2n) is 11.1. The summed E-state index contributed by atoms with van der Waals surface area (Å²) in [5, 5.41) is 12.8. The maximum absolute atomic E-state index is 13.6. The molecule has 1 aromatic heterocycles. The Hall–Kier alpha value is -3.40. The van der Waals surface area contributed by atoms with Gasteiger partial charge < -0.3 is 15.3 Å². The predicted molar refractivity (Wildman–Crippen MR) is 159 cm³/mol. The topological polar surface area (TPSA) is 103 Å². The molecule has 0 bridgehead atoms. The van der Waals surface area contributed by atoms with E-state index in [0.717, 1.165) is 27.8 Å². The Morgan fingerprint density at radius 2 is 1.73 bits per heavy atom. The van der Waals surface area contributed by atoms with Gasteiger partial charge in [-0.05, 0) is 75.1 Å². The minimum atomic E-state index is -1.34. The van der Waals surface area contributed by atoms with Crippen molar-refractivity contribution in [2.45, 2.75) is 51.4 Å². The van der Waals surface area contributed by atoms with Crippen LogP contribution in [0.5, 0.6) is 0 Å². The van der Waals surface area contributed by atoms with Crippen LogP contribution in [0.2, 0.25) is 0 Å². The number of nitrogens with zero attached hydrogens (tertiary/aromatic N) is 3. The molecule has 40 heavy (non-hydrogen) atoms. The molecular weight excluding hydrogens is 524 g/mol. The number of carbonyl (C=O) groups excluding carboxylic acids is 2. The van der Waals surface area contributed by atoms with E-state index >= 15 is 0 Å². The molecule has 0 saturated carbocycles. The summed E-state index contributed by atoms with van der Waals surface area (Å²) in [4.78, 5) is 31.9.